The average Bonchev–Trinajstić information content (AvgIpc) is 3.13. The molecule has 0 bridgehead atoms. The summed E-state index contributed by atoms with van der Waals surface area (Å²) < 4.78 is 20.8. The van der Waals surface area contributed by atoms with Crippen LogP contribution in [-0.2, 0) is 4.74 Å². The van der Waals surface area contributed by atoms with E-state index in [1.54, 1.807) is 0 Å². The second kappa shape index (κ2) is 10.4. The van der Waals surface area contributed by atoms with E-state index in [9.17, 15) is 9.18 Å². The number of carbonyl (C=O) groups excluding carboxylic acids is 1. The number of hydrogen-bond acceptors (Lipinski definition) is 5. The molecule has 1 aromatic heterocycles. The van der Waals surface area contributed by atoms with Crippen molar-refractivity contribution in [2.45, 2.75) is 6.92 Å². The minimum Gasteiger partial charge on any atom is -0.379 e. The van der Waals surface area contributed by atoms with Crippen molar-refractivity contribution in [3.63, 3.8) is 0 Å². The number of fused-ring (bicyclic) bond motifs is 1. The van der Waals surface area contributed by atoms with E-state index in [1.165, 1.54) is 34.4 Å². The highest BCUT2D eigenvalue weighted by atomic mass is 35.5. The number of rotatable bonds is 5. The third kappa shape index (κ3) is 5.30. The molecule has 0 atom stereocenters. The zero-order valence-electron chi connectivity index (χ0n) is 16.7. The Morgan fingerprint density at radius 1 is 1.29 bits per heavy atom. The van der Waals surface area contributed by atoms with Gasteiger partial charge in [-0.2, -0.15) is 0 Å². The van der Waals surface area contributed by atoms with Gasteiger partial charge in [0.05, 0.1) is 34.0 Å². The molecule has 0 radical (unpaired) electrons. The van der Waals surface area contributed by atoms with E-state index in [4.69, 9.17) is 27.9 Å². The zero-order chi connectivity index (χ0) is 21.3. The second-order valence-electron chi connectivity index (χ2n) is 7.07. The molecule has 2 heterocycles. The fourth-order valence-corrected chi connectivity index (χ4v) is 5.13. The number of thiazole rings is 1. The molecule has 0 saturated carbocycles. The number of anilines is 1. The van der Waals surface area contributed by atoms with Crippen molar-refractivity contribution in [3.8, 4) is 0 Å². The zero-order valence-corrected chi connectivity index (χ0v) is 19.9. The maximum Gasteiger partial charge on any atom is 0.264 e. The second-order valence-corrected chi connectivity index (χ2v) is 8.93. The van der Waals surface area contributed by atoms with Gasteiger partial charge in [-0.3, -0.25) is 14.6 Å². The number of nitrogens with zero attached hydrogens (tertiary/aromatic N) is 3. The van der Waals surface area contributed by atoms with E-state index < -0.39 is 11.7 Å². The van der Waals surface area contributed by atoms with E-state index in [0.717, 1.165) is 28.9 Å². The van der Waals surface area contributed by atoms with Gasteiger partial charge in [-0.15, -0.1) is 12.4 Å². The number of halogens is 4. The minimum atomic E-state index is -0.649. The Bertz CT molecular complexity index is 1070. The minimum absolute atomic E-state index is 0. The van der Waals surface area contributed by atoms with Crippen molar-refractivity contribution in [1.82, 2.24) is 9.88 Å². The molecular weight excluding hydrogens is 484 g/mol. The van der Waals surface area contributed by atoms with Crippen LogP contribution in [0.3, 0.4) is 0 Å². The summed E-state index contributed by atoms with van der Waals surface area (Å²) in [6.45, 7) is 5.80. The van der Waals surface area contributed by atoms with Crippen LogP contribution >= 0.6 is 46.9 Å². The normalized spacial score (nSPS) is 14.5. The standard InChI is InChI=1S/C21H20Cl2FN3O2S.ClH/c1-13-11-14(22)12-17-19(13)25-21(30-17)27(6-5-26-7-9-29-10-8-26)20(28)18-15(23)3-2-4-16(18)24;/h2-4,11-12H,5-10H2,1H3;1H. The molecule has 1 aliphatic heterocycles. The topological polar surface area (TPSA) is 45.7 Å². The molecule has 0 spiro atoms. The molecule has 2 aromatic carbocycles. The molecule has 5 nitrogen and oxygen atoms in total. The Morgan fingerprint density at radius 3 is 2.74 bits per heavy atom. The molecule has 0 aliphatic carbocycles. The monoisotopic (exact) mass is 503 g/mol. The van der Waals surface area contributed by atoms with E-state index in [0.29, 0.717) is 36.5 Å². The number of benzene rings is 2. The number of amides is 1. The van der Waals surface area contributed by atoms with Gasteiger partial charge in [0.1, 0.15) is 5.82 Å². The van der Waals surface area contributed by atoms with Crippen LogP contribution in [0.25, 0.3) is 10.2 Å². The number of morpholine rings is 1. The van der Waals surface area contributed by atoms with Crippen LogP contribution in [0.5, 0.6) is 0 Å². The Morgan fingerprint density at radius 2 is 2.03 bits per heavy atom. The Labute approximate surface area is 200 Å². The van der Waals surface area contributed by atoms with Crippen LogP contribution in [0, 0.1) is 12.7 Å². The van der Waals surface area contributed by atoms with Crippen molar-refractivity contribution in [2.75, 3.05) is 44.3 Å². The Balaban J connectivity index is 0.00000272. The van der Waals surface area contributed by atoms with Crippen LogP contribution in [0.2, 0.25) is 10.0 Å². The molecule has 3 aromatic rings. The largest absolute Gasteiger partial charge is 0.379 e. The van der Waals surface area contributed by atoms with Gasteiger partial charge in [0, 0.05) is 31.2 Å². The molecule has 0 unspecified atom stereocenters. The van der Waals surface area contributed by atoms with Crippen molar-refractivity contribution in [1.29, 1.82) is 0 Å². The maximum atomic E-state index is 14.5. The van der Waals surface area contributed by atoms with Crippen LogP contribution in [0.15, 0.2) is 30.3 Å². The summed E-state index contributed by atoms with van der Waals surface area (Å²) in [4.78, 5) is 21.8. The fraction of sp³-hybridized carbons (Fsp3) is 0.333. The number of carbonyl (C=O) groups is 1. The summed E-state index contributed by atoms with van der Waals surface area (Å²) in [6, 6.07) is 7.89. The SMILES string of the molecule is Cc1cc(Cl)cc2sc(N(CCN3CCOCC3)C(=O)c3c(F)cccc3Cl)nc12.Cl. The van der Waals surface area contributed by atoms with Gasteiger partial charge in [0.25, 0.3) is 5.91 Å². The first-order valence-electron chi connectivity index (χ1n) is 9.56. The summed E-state index contributed by atoms with van der Waals surface area (Å²) in [5, 5.41) is 1.18. The summed E-state index contributed by atoms with van der Waals surface area (Å²) in [5.41, 5.74) is 1.56. The molecule has 1 fully saturated rings. The molecule has 4 rings (SSSR count). The highest BCUT2D eigenvalue weighted by Gasteiger charge is 2.27. The predicted octanol–water partition coefficient (Wildman–Crippen LogP) is 5.45. The summed E-state index contributed by atoms with van der Waals surface area (Å²) in [7, 11) is 0. The highest BCUT2D eigenvalue weighted by molar-refractivity contribution is 7.22. The first-order chi connectivity index (χ1) is 14.4. The van der Waals surface area contributed by atoms with Crippen LogP contribution in [-0.4, -0.2) is 55.2 Å². The van der Waals surface area contributed by atoms with Crippen molar-refractivity contribution >= 4 is 68.2 Å². The molecule has 31 heavy (non-hydrogen) atoms. The molecule has 0 N–H and O–H groups in total. The predicted molar refractivity (Wildman–Crippen MR) is 127 cm³/mol. The number of ether oxygens (including phenoxy) is 1. The summed E-state index contributed by atoms with van der Waals surface area (Å²) >= 11 is 13.7. The summed E-state index contributed by atoms with van der Waals surface area (Å²) in [5.74, 6) is -1.15. The maximum absolute atomic E-state index is 14.5. The molecule has 10 heteroatoms. The smallest absolute Gasteiger partial charge is 0.264 e. The van der Waals surface area contributed by atoms with E-state index in [2.05, 4.69) is 9.88 Å². The lowest BCUT2D eigenvalue weighted by atomic mass is 10.2. The lowest BCUT2D eigenvalue weighted by Gasteiger charge is -2.29. The highest BCUT2D eigenvalue weighted by Crippen LogP contribution is 2.34. The molecule has 1 aliphatic rings. The third-order valence-electron chi connectivity index (χ3n) is 5.04. The van der Waals surface area contributed by atoms with Gasteiger partial charge in [0.2, 0.25) is 0 Å². The Hall–Kier alpha value is -1.48. The van der Waals surface area contributed by atoms with Crippen LogP contribution < -0.4 is 4.90 Å². The molecule has 1 saturated heterocycles. The third-order valence-corrected chi connectivity index (χ3v) is 6.59. The molecule has 166 valence electrons. The van der Waals surface area contributed by atoms with Gasteiger partial charge in [-0.1, -0.05) is 40.6 Å². The summed E-state index contributed by atoms with van der Waals surface area (Å²) in [6.07, 6.45) is 0. The van der Waals surface area contributed by atoms with Gasteiger partial charge < -0.3 is 4.74 Å². The average molecular weight is 505 g/mol. The Kier molecular flexibility index (Phi) is 8.13. The quantitative estimate of drug-likeness (QED) is 0.463. The van der Waals surface area contributed by atoms with Crippen LogP contribution in [0.1, 0.15) is 15.9 Å². The van der Waals surface area contributed by atoms with Crippen molar-refractivity contribution < 1.29 is 13.9 Å². The van der Waals surface area contributed by atoms with Gasteiger partial charge in [-0.05, 0) is 36.8 Å². The van der Waals surface area contributed by atoms with E-state index in [1.807, 2.05) is 19.1 Å². The first kappa shape index (κ1) is 24.2. The van der Waals surface area contributed by atoms with Crippen molar-refractivity contribution in [3.05, 3.63) is 57.3 Å². The molecular formula is C21H21Cl3FN3O2S. The van der Waals surface area contributed by atoms with Crippen LogP contribution in [0.4, 0.5) is 9.52 Å². The van der Waals surface area contributed by atoms with Gasteiger partial charge in [0.15, 0.2) is 5.13 Å². The first-order valence-corrected chi connectivity index (χ1v) is 11.1. The van der Waals surface area contributed by atoms with Crippen molar-refractivity contribution in [2.24, 2.45) is 0 Å². The van der Waals surface area contributed by atoms with Gasteiger partial charge in [-0.25, -0.2) is 9.37 Å². The number of aryl methyl sites for hydroxylation is 1. The number of aromatic nitrogens is 1. The van der Waals surface area contributed by atoms with Gasteiger partial charge >= 0.3 is 0 Å². The lowest BCUT2D eigenvalue weighted by molar-refractivity contribution is 0.0391. The van der Waals surface area contributed by atoms with E-state index >= 15 is 0 Å². The lowest BCUT2D eigenvalue weighted by Crippen LogP contribution is -2.43. The molecule has 1 amide bonds. The number of hydrogen-bond donors (Lipinski definition) is 0. The van der Waals surface area contributed by atoms with E-state index in [-0.39, 0.29) is 23.0 Å². The fourth-order valence-electron chi connectivity index (χ4n) is 3.45.